The highest BCUT2D eigenvalue weighted by Crippen LogP contribution is 2.26. The van der Waals surface area contributed by atoms with Crippen molar-refractivity contribution in [1.29, 1.82) is 0 Å². The van der Waals surface area contributed by atoms with Crippen LogP contribution >= 0.6 is 0 Å². The van der Waals surface area contributed by atoms with E-state index in [1.165, 1.54) is 0 Å². The van der Waals surface area contributed by atoms with Gasteiger partial charge in [-0.3, -0.25) is 9.89 Å². The van der Waals surface area contributed by atoms with Crippen LogP contribution in [0.5, 0.6) is 0 Å². The van der Waals surface area contributed by atoms with Gasteiger partial charge in [0.15, 0.2) is 0 Å². The van der Waals surface area contributed by atoms with Crippen molar-refractivity contribution in [3.8, 4) is 0 Å². The predicted molar refractivity (Wildman–Crippen MR) is 63.8 cm³/mol. The third-order valence-electron chi connectivity index (χ3n) is 3.15. The van der Waals surface area contributed by atoms with Crippen LogP contribution in [0.15, 0.2) is 18.2 Å². The topological polar surface area (TPSA) is 69.2 Å². The Kier molecular flexibility index (Phi) is 2.16. The fourth-order valence-corrected chi connectivity index (χ4v) is 2.24. The van der Waals surface area contributed by atoms with Crippen molar-refractivity contribution < 1.29 is 9.90 Å². The number of hydrogen-bond acceptors (Lipinski definition) is 3. The first-order chi connectivity index (χ1) is 8.15. The monoisotopic (exact) mass is 231 g/mol. The minimum absolute atomic E-state index is 0.0379. The lowest BCUT2D eigenvalue weighted by molar-refractivity contribution is -0.117. The van der Waals surface area contributed by atoms with Gasteiger partial charge in [0.2, 0.25) is 5.91 Å². The molecular weight excluding hydrogens is 218 g/mol. The Morgan fingerprint density at radius 3 is 3.06 bits per heavy atom. The zero-order chi connectivity index (χ0) is 12.0. The normalized spacial score (nSPS) is 20.5. The average molecular weight is 231 g/mol. The number of β-amino-alcohol motifs (C(OH)–C–C–N with tert-alkyl or cyclic N) is 1. The molecule has 17 heavy (non-hydrogen) atoms. The number of rotatable bonds is 1. The molecule has 2 heterocycles. The number of benzene rings is 1. The number of amides is 1. The predicted octanol–water partition coefficient (Wildman–Crippen LogP) is 0.969. The largest absolute Gasteiger partial charge is 0.391 e. The Bertz CT molecular complexity index is 590. The van der Waals surface area contributed by atoms with Crippen LogP contribution in [0.3, 0.4) is 0 Å². The van der Waals surface area contributed by atoms with Crippen molar-refractivity contribution in [1.82, 2.24) is 10.2 Å². The second kappa shape index (κ2) is 3.56. The number of anilines is 1. The van der Waals surface area contributed by atoms with E-state index in [9.17, 15) is 9.90 Å². The van der Waals surface area contributed by atoms with E-state index in [0.717, 1.165) is 22.3 Å². The Labute approximate surface area is 98.0 Å². The van der Waals surface area contributed by atoms with Crippen molar-refractivity contribution in [2.75, 3.05) is 11.4 Å². The molecular formula is C12H13N3O2. The zero-order valence-electron chi connectivity index (χ0n) is 9.47. The fourth-order valence-electron chi connectivity index (χ4n) is 2.24. The number of aliphatic hydroxyl groups excluding tert-OH is 1. The van der Waals surface area contributed by atoms with Gasteiger partial charge in [-0.05, 0) is 25.1 Å². The third-order valence-corrected chi connectivity index (χ3v) is 3.15. The molecule has 0 saturated carbocycles. The van der Waals surface area contributed by atoms with E-state index in [0.29, 0.717) is 6.54 Å². The molecule has 0 radical (unpaired) electrons. The van der Waals surface area contributed by atoms with Crippen molar-refractivity contribution in [2.45, 2.75) is 19.4 Å². The summed E-state index contributed by atoms with van der Waals surface area (Å²) in [6.45, 7) is 2.33. The van der Waals surface area contributed by atoms with Gasteiger partial charge in [0.25, 0.3) is 0 Å². The number of H-pyrrole nitrogens is 1. The number of aliphatic hydroxyl groups is 1. The summed E-state index contributed by atoms with van der Waals surface area (Å²) in [7, 11) is 0. The second-order valence-electron chi connectivity index (χ2n) is 4.41. The van der Waals surface area contributed by atoms with Gasteiger partial charge in [0.05, 0.1) is 24.6 Å². The molecule has 1 aromatic heterocycles. The lowest BCUT2D eigenvalue weighted by Crippen LogP contribution is -2.25. The number of nitrogens with one attached hydrogen (secondary N) is 1. The molecule has 3 rings (SSSR count). The van der Waals surface area contributed by atoms with Gasteiger partial charge in [-0.1, -0.05) is 0 Å². The van der Waals surface area contributed by atoms with Gasteiger partial charge < -0.3 is 10.0 Å². The van der Waals surface area contributed by atoms with Crippen LogP contribution in [0.2, 0.25) is 0 Å². The summed E-state index contributed by atoms with van der Waals surface area (Å²) in [6.07, 6.45) is -0.350. The summed E-state index contributed by atoms with van der Waals surface area (Å²) in [5, 5.41) is 17.6. The van der Waals surface area contributed by atoms with Gasteiger partial charge in [0, 0.05) is 16.8 Å². The van der Waals surface area contributed by atoms with Crippen LogP contribution in [-0.2, 0) is 4.79 Å². The molecule has 1 saturated heterocycles. The standard InChI is InChI=1S/C12H13N3O2/c1-7-10-3-2-8(4-11(10)14-13-7)15-6-9(16)5-12(15)17/h2-4,9,16H,5-6H2,1H3,(H,13,14). The summed E-state index contributed by atoms with van der Waals surface area (Å²) in [6, 6.07) is 5.71. The molecule has 1 unspecified atom stereocenters. The van der Waals surface area contributed by atoms with Gasteiger partial charge in [-0.15, -0.1) is 0 Å². The third kappa shape index (κ3) is 1.59. The van der Waals surface area contributed by atoms with E-state index in [-0.39, 0.29) is 12.3 Å². The minimum Gasteiger partial charge on any atom is -0.391 e. The van der Waals surface area contributed by atoms with E-state index >= 15 is 0 Å². The van der Waals surface area contributed by atoms with Crippen LogP contribution in [0.1, 0.15) is 12.1 Å². The first kappa shape index (κ1) is 10.3. The van der Waals surface area contributed by atoms with E-state index in [4.69, 9.17) is 0 Å². The molecule has 5 nitrogen and oxygen atoms in total. The van der Waals surface area contributed by atoms with E-state index in [2.05, 4.69) is 10.2 Å². The van der Waals surface area contributed by atoms with Crippen LogP contribution in [0.4, 0.5) is 5.69 Å². The fraction of sp³-hybridized carbons (Fsp3) is 0.333. The van der Waals surface area contributed by atoms with Crippen LogP contribution in [0, 0.1) is 6.92 Å². The Balaban J connectivity index is 2.03. The maximum Gasteiger partial charge on any atom is 0.229 e. The van der Waals surface area contributed by atoms with Crippen LogP contribution < -0.4 is 4.90 Å². The summed E-state index contributed by atoms with van der Waals surface area (Å²) >= 11 is 0. The molecule has 0 aliphatic carbocycles. The van der Waals surface area contributed by atoms with E-state index < -0.39 is 6.10 Å². The highest BCUT2D eigenvalue weighted by Gasteiger charge is 2.29. The van der Waals surface area contributed by atoms with Crippen molar-refractivity contribution >= 4 is 22.5 Å². The molecule has 1 fully saturated rings. The summed E-state index contributed by atoms with van der Waals surface area (Å²) < 4.78 is 0. The smallest absolute Gasteiger partial charge is 0.229 e. The minimum atomic E-state index is -0.556. The first-order valence-corrected chi connectivity index (χ1v) is 5.58. The second-order valence-corrected chi connectivity index (χ2v) is 4.41. The maximum atomic E-state index is 11.7. The number of aryl methyl sites for hydroxylation is 1. The number of fused-ring (bicyclic) bond motifs is 1. The maximum absolute atomic E-state index is 11.7. The van der Waals surface area contributed by atoms with Gasteiger partial charge in [-0.25, -0.2) is 0 Å². The summed E-state index contributed by atoms with van der Waals surface area (Å²) in [5.74, 6) is -0.0379. The van der Waals surface area contributed by atoms with E-state index in [1.54, 1.807) is 4.90 Å². The molecule has 1 aliphatic heterocycles. The first-order valence-electron chi connectivity index (χ1n) is 5.58. The molecule has 1 atom stereocenters. The van der Waals surface area contributed by atoms with E-state index in [1.807, 2.05) is 25.1 Å². The van der Waals surface area contributed by atoms with Crippen LogP contribution in [0.25, 0.3) is 10.9 Å². The van der Waals surface area contributed by atoms with Gasteiger partial charge >= 0.3 is 0 Å². The summed E-state index contributed by atoms with van der Waals surface area (Å²) in [4.78, 5) is 13.3. The molecule has 1 amide bonds. The molecule has 5 heteroatoms. The van der Waals surface area contributed by atoms with Gasteiger partial charge in [0.1, 0.15) is 0 Å². The number of carbonyl (C=O) groups excluding carboxylic acids is 1. The quantitative estimate of drug-likeness (QED) is 0.768. The average Bonchev–Trinajstić information content (AvgIpc) is 2.82. The number of aromatic amines is 1. The Morgan fingerprint density at radius 2 is 2.35 bits per heavy atom. The Morgan fingerprint density at radius 1 is 1.53 bits per heavy atom. The van der Waals surface area contributed by atoms with Crippen molar-refractivity contribution in [2.24, 2.45) is 0 Å². The molecule has 2 aromatic rings. The van der Waals surface area contributed by atoms with Gasteiger partial charge in [-0.2, -0.15) is 5.10 Å². The highest BCUT2D eigenvalue weighted by molar-refractivity contribution is 5.98. The number of carbonyl (C=O) groups is 1. The molecule has 1 aromatic carbocycles. The molecule has 2 N–H and O–H groups in total. The van der Waals surface area contributed by atoms with Crippen molar-refractivity contribution in [3.05, 3.63) is 23.9 Å². The lowest BCUT2D eigenvalue weighted by Gasteiger charge is -2.15. The molecule has 1 aliphatic rings. The number of aromatic nitrogens is 2. The number of hydrogen-bond donors (Lipinski definition) is 2. The zero-order valence-corrected chi connectivity index (χ0v) is 9.47. The molecule has 0 bridgehead atoms. The van der Waals surface area contributed by atoms with Crippen molar-refractivity contribution in [3.63, 3.8) is 0 Å². The SMILES string of the molecule is Cc1[nH]nc2cc(N3CC(O)CC3=O)ccc12. The molecule has 0 spiro atoms. The number of nitrogens with zero attached hydrogens (tertiary/aromatic N) is 2. The Hall–Kier alpha value is -1.88. The highest BCUT2D eigenvalue weighted by atomic mass is 16.3. The van der Waals surface area contributed by atoms with Crippen LogP contribution in [-0.4, -0.2) is 33.9 Å². The summed E-state index contributed by atoms with van der Waals surface area (Å²) in [5.41, 5.74) is 2.65. The lowest BCUT2D eigenvalue weighted by atomic mass is 10.2. The molecule has 88 valence electrons.